The summed E-state index contributed by atoms with van der Waals surface area (Å²) in [7, 11) is 0. The second-order valence-electron chi connectivity index (χ2n) is 5.97. The van der Waals surface area contributed by atoms with Gasteiger partial charge in [0.2, 0.25) is 5.95 Å². The highest BCUT2D eigenvalue weighted by Crippen LogP contribution is 2.45. The number of rotatable bonds is 2. The van der Waals surface area contributed by atoms with E-state index in [-0.39, 0.29) is 11.7 Å². The van der Waals surface area contributed by atoms with E-state index in [1.54, 1.807) is 12.1 Å². The van der Waals surface area contributed by atoms with E-state index < -0.39 is 11.4 Å². The third kappa shape index (κ3) is 2.50. The van der Waals surface area contributed by atoms with Crippen molar-refractivity contribution in [2.75, 3.05) is 23.7 Å². The van der Waals surface area contributed by atoms with Crippen LogP contribution in [0.4, 0.5) is 14.7 Å². The first-order chi connectivity index (χ1) is 11.6. The molecule has 1 aromatic carbocycles. The van der Waals surface area contributed by atoms with Crippen LogP contribution in [0.15, 0.2) is 41.7 Å². The number of nitrogens with zero attached hydrogens (tertiary/aromatic N) is 4. The Morgan fingerprint density at radius 2 is 1.83 bits per heavy atom. The first-order valence-electron chi connectivity index (χ1n) is 7.53. The fraction of sp³-hybridized carbons (Fsp3) is 0.312. The minimum Gasteiger partial charge on any atom is -0.379 e. The van der Waals surface area contributed by atoms with Gasteiger partial charge in [-0.3, -0.25) is 0 Å². The van der Waals surface area contributed by atoms with Crippen molar-refractivity contribution in [3.63, 3.8) is 0 Å². The summed E-state index contributed by atoms with van der Waals surface area (Å²) in [5, 5.41) is 0.525. The molecule has 124 valence electrons. The normalized spacial score (nSPS) is 26.2. The van der Waals surface area contributed by atoms with Crippen LogP contribution in [0, 0.1) is 17.6 Å². The molecule has 2 N–H and O–H groups in total. The lowest BCUT2D eigenvalue weighted by atomic mass is 9.82. The van der Waals surface area contributed by atoms with Crippen LogP contribution in [0.1, 0.15) is 5.56 Å². The van der Waals surface area contributed by atoms with Crippen LogP contribution in [0.2, 0.25) is 0 Å². The van der Waals surface area contributed by atoms with E-state index >= 15 is 0 Å². The number of anilines is 1. The molecule has 2 aliphatic heterocycles. The lowest BCUT2D eigenvalue weighted by Gasteiger charge is -2.34. The van der Waals surface area contributed by atoms with E-state index in [4.69, 9.17) is 10.7 Å². The van der Waals surface area contributed by atoms with Crippen LogP contribution >= 0.6 is 11.8 Å². The van der Waals surface area contributed by atoms with Crippen molar-refractivity contribution < 1.29 is 8.78 Å². The van der Waals surface area contributed by atoms with Gasteiger partial charge in [-0.25, -0.2) is 23.7 Å². The van der Waals surface area contributed by atoms with Gasteiger partial charge in [-0.15, -0.1) is 0 Å². The average Bonchev–Trinajstić information content (AvgIpc) is 2.96. The summed E-state index contributed by atoms with van der Waals surface area (Å²) < 4.78 is 26.4. The summed E-state index contributed by atoms with van der Waals surface area (Å²) in [6.45, 7) is 1.21. The highest BCUT2D eigenvalue weighted by molar-refractivity contribution is 8.13. The lowest BCUT2D eigenvalue weighted by Crippen LogP contribution is -2.40. The van der Waals surface area contributed by atoms with E-state index in [0.29, 0.717) is 24.2 Å². The number of aromatic nitrogens is 2. The molecule has 1 saturated heterocycles. The van der Waals surface area contributed by atoms with E-state index in [9.17, 15) is 8.78 Å². The Kier molecular flexibility index (Phi) is 3.64. The molecule has 1 fully saturated rings. The van der Waals surface area contributed by atoms with Crippen LogP contribution in [-0.2, 0) is 5.54 Å². The summed E-state index contributed by atoms with van der Waals surface area (Å²) in [6.07, 6.45) is 2.31. The minimum atomic E-state index is -0.555. The number of nitrogens with two attached hydrogens (primary N) is 1. The van der Waals surface area contributed by atoms with Crippen LogP contribution < -0.4 is 10.6 Å². The quantitative estimate of drug-likeness (QED) is 0.902. The smallest absolute Gasteiger partial charge is 0.225 e. The molecule has 0 spiro atoms. The van der Waals surface area contributed by atoms with Crippen molar-refractivity contribution in [3.8, 4) is 0 Å². The largest absolute Gasteiger partial charge is 0.379 e. The third-order valence-corrected chi connectivity index (χ3v) is 5.48. The number of fused-ring (bicyclic) bond motifs is 1. The molecule has 2 aliphatic rings. The molecular weight excluding hydrogens is 332 g/mol. The average molecular weight is 347 g/mol. The van der Waals surface area contributed by atoms with E-state index in [1.165, 1.54) is 23.9 Å². The van der Waals surface area contributed by atoms with Gasteiger partial charge < -0.3 is 10.6 Å². The number of benzene rings is 1. The molecule has 0 saturated carbocycles. The van der Waals surface area contributed by atoms with Crippen LogP contribution in [-0.4, -0.2) is 34.0 Å². The van der Waals surface area contributed by atoms with Gasteiger partial charge in [-0.1, -0.05) is 23.9 Å². The highest BCUT2D eigenvalue weighted by Gasteiger charge is 2.50. The van der Waals surface area contributed by atoms with Crippen molar-refractivity contribution in [1.82, 2.24) is 9.97 Å². The van der Waals surface area contributed by atoms with Crippen molar-refractivity contribution >= 4 is 22.9 Å². The number of hydrogen-bond acceptors (Lipinski definition) is 6. The number of halogens is 2. The maximum atomic E-state index is 13.3. The van der Waals surface area contributed by atoms with Crippen LogP contribution in [0.25, 0.3) is 0 Å². The standard InChI is InChI=1S/C16H15F2N5S/c17-12-3-1-10(2-4-12)16-9-23(15-20-5-13(18)6-21-15)7-11(16)8-24-14(19)22-16/h1-6,11H,7-9H2,(H2,19,22)/t11-,16+/m0/s1. The summed E-state index contributed by atoms with van der Waals surface area (Å²) in [4.78, 5) is 14.9. The zero-order valence-corrected chi connectivity index (χ0v) is 13.5. The van der Waals surface area contributed by atoms with Gasteiger partial charge in [0.15, 0.2) is 11.0 Å². The Bertz CT molecular complexity index is 780. The van der Waals surface area contributed by atoms with Crippen molar-refractivity contribution in [2.45, 2.75) is 5.54 Å². The summed E-state index contributed by atoms with van der Waals surface area (Å²) in [5.74, 6) is 0.705. The molecule has 2 aromatic rings. The molecule has 4 rings (SSSR count). The maximum Gasteiger partial charge on any atom is 0.225 e. The molecule has 8 heteroatoms. The van der Waals surface area contributed by atoms with Gasteiger partial charge in [-0.2, -0.15) is 0 Å². The number of hydrogen-bond donors (Lipinski definition) is 1. The van der Waals surface area contributed by atoms with Gasteiger partial charge in [-0.05, 0) is 17.7 Å². The molecule has 0 bridgehead atoms. The molecular formula is C16H15F2N5S. The second-order valence-corrected chi connectivity index (χ2v) is 7.01. The van der Waals surface area contributed by atoms with Gasteiger partial charge in [0.05, 0.1) is 18.9 Å². The van der Waals surface area contributed by atoms with Crippen molar-refractivity contribution in [2.24, 2.45) is 16.6 Å². The molecule has 0 aliphatic carbocycles. The Labute approximate surface area is 142 Å². The van der Waals surface area contributed by atoms with Crippen LogP contribution in [0.3, 0.4) is 0 Å². The Morgan fingerprint density at radius 1 is 1.12 bits per heavy atom. The fourth-order valence-electron chi connectivity index (χ4n) is 3.38. The first-order valence-corrected chi connectivity index (χ1v) is 8.52. The summed E-state index contributed by atoms with van der Waals surface area (Å²) in [5.41, 5.74) is 6.35. The third-order valence-electron chi connectivity index (χ3n) is 4.52. The first kappa shape index (κ1) is 15.3. The predicted molar refractivity (Wildman–Crippen MR) is 89.9 cm³/mol. The van der Waals surface area contributed by atoms with Gasteiger partial charge in [0.1, 0.15) is 11.4 Å². The monoisotopic (exact) mass is 347 g/mol. The minimum absolute atomic E-state index is 0.189. The van der Waals surface area contributed by atoms with Crippen molar-refractivity contribution in [1.29, 1.82) is 0 Å². The van der Waals surface area contributed by atoms with E-state index in [0.717, 1.165) is 23.7 Å². The van der Waals surface area contributed by atoms with E-state index in [2.05, 4.69) is 9.97 Å². The SMILES string of the molecule is NC1=N[C@@]2(c3ccc(F)cc3)CN(c3ncc(F)cn3)C[C@H]2CS1. The molecule has 5 nitrogen and oxygen atoms in total. The zero-order chi connectivity index (χ0) is 16.7. The zero-order valence-electron chi connectivity index (χ0n) is 12.7. The Morgan fingerprint density at radius 3 is 2.54 bits per heavy atom. The van der Waals surface area contributed by atoms with Gasteiger partial charge in [0, 0.05) is 18.2 Å². The van der Waals surface area contributed by atoms with E-state index in [1.807, 2.05) is 4.90 Å². The van der Waals surface area contributed by atoms with Crippen molar-refractivity contribution in [3.05, 3.63) is 53.9 Å². The summed E-state index contributed by atoms with van der Waals surface area (Å²) >= 11 is 1.52. The number of thioether (sulfide) groups is 1. The molecule has 0 radical (unpaired) electrons. The maximum absolute atomic E-state index is 13.3. The molecule has 2 atom stereocenters. The lowest BCUT2D eigenvalue weighted by molar-refractivity contribution is 0.387. The van der Waals surface area contributed by atoms with Gasteiger partial charge in [0.25, 0.3) is 0 Å². The Hall–Kier alpha value is -2.22. The molecule has 1 aromatic heterocycles. The number of amidine groups is 1. The molecule has 3 heterocycles. The predicted octanol–water partition coefficient (Wildman–Crippen LogP) is 2.15. The molecule has 24 heavy (non-hydrogen) atoms. The molecule has 0 amide bonds. The fourth-order valence-corrected chi connectivity index (χ4v) is 4.37. The molecule has 0 unspecified atom stereocenters. The van der Waals surface area contributed by atoms with Gasteiger partial charge >= 0.3 is 0 Å². The second kappa shape index (κ2) is 5.70. The highest BCUT2D eigenvalue weighted by atomic mass is 32.2. The number of aliphatic imine (C=N–C) groups is 1. The topological polar surface area (TPSA) is 67.4 Å². The Balaban J connectivity index is 1.74. The summed E-state index contributed by atoms with van der Waals surface area (Å²) in [6, 6.07) is 6.38. The van der Waals surface area contributed by atoms with Crippen LogP contribution in [0.5, 0.6) is 0 Å².